The summed E-state index contributed by atoms with van der Waals surface area (Å²) in [6.07, 6.45) is 1.84. The average Bonchev–Trinajstić information content (AvgIpc) is 3.12. The minimum Gasteiger partial charge on any atom is -0.494 e. The van der Waals surface area contributed by atoms with Gasteiger partial charge in [0.2, 0.25) is 11.8 Å². The van der Waals surface area contributed by atoms with Gasteiger partial charge in [-0.25, -0.2) is 8.42 Å². The van der Waals surface area contributed by atoms with Crippen molar-refractivity contribution in [1.82, 2.24) is 10.2 Å². The Morgan fingerprint density at radius 1 is 0.840 bits per heavy atom. The number of hydrogen-bond acceptors (Lipinski definition) is 7. The number of nitrogens with zero attached hydrogens (tertiary/aromatic N) is 2. The second-order valence-corrected chi connectivity index (χ2v) is 13.8. The molecule has 0 aliphatic carbocycles. The number of rotatable bonds is 18. The van der Waals surface area contributed by atoms with Crippen molar-refractivity contribution in [3.8, 4) is 17.2 Å². The Hall–Kier alpha value is -4.74. The van der Waals surface area contributed by atoms with Gasteiger partial charge >= 0.3 is 0 Å². The van der Waals surface area contributed by atoms with Gasteiger partial charge in [0.05, 0.1) is 31.4 Å². The van der Waals surface area contributed by atoms with Crippen LogP contribution in [0.3, 0.4) is 0 Å². The lowest BCUT2D eigenvalue weighted by atomic mass is 10.0. The van der Waals surface area contributed by atoms with Crippen LogP contribution < -0.4 is 23.8 Å². The maximum absolute atomic E-state index is 14.7. The van der Waals surface area contributed by atoms with Crippen LogP contribution in [0, 0.1) is 0 Å². The van der Waals surface area contributed by atoms with E-state index >= 15 is 0 Å². The van der Waals surface area contributed by atoms with Crippen molar-refractivity contribution >= 4 is 39.1 Å². The molecule has 1 N–H and O–H groups in total. The highest BCUT2D eigenvalue weighted by atomic mass is 35.5. The second kappa shape index (κ2) is 18.3. The first kappa shape index (κ1) is 38.1. The summed E-state index contributed by atoms with van der Waals surface area (Å²) >= 11 is 6.34. The number of unbranched alkanes of at least 4 members (excludes halogenated alkanes) is 1. The van der Waals surface area contributed by atoms with Crippen LogP contribution in [0.1, 0.15) is 37.8 Å². The Kier molecular flexibility index (Phi) is 13.9. The molecule has 1 atom stereocenters. The molecule has 0 bridgehead atoms. The number of nitrogens with one attached hydrogen (secondary N) is 1. The molecule has 4 rings (SSSR count). The summed E-state index contributed by atoms with van der Waals surface area (Å²) in [5.74, 6) is 0.171. The first-order valence-electron chi connectivity index (χ1n) is 16.4. The number of carbonyl (C=O) groups is 2. The molecule has 0 aliphatic rings. The van der Waals surface area contributed by atoms with Crippen molar-refractivity contribution in [2.24, 2.45) is 0 Å². The molecule has 0 heterocycles. The third-order valence-electron chi connectivity index (χ3n) is 8.00. The van der Waals surface area contributed by atoms with Crippen LogP contribution in [0.2, 0.25) is 5.02 Å². The summed E-state index contributed by atoms with van der Waals surface area (Å²) in [6.45, 7) is 4.12. The monoisotopic (exact) mass is 721 g/mol. The van der Waals surface area contributed by atoms with Gasteiger partial charge in [0, 0.05) is 30.6 Å². The van der Waals surface area contributed by atoms with Crippen LogP contribution in [0.5, 0.6) is 17.2 Å². The van der Waals surface area contributed by atoms with Gasteiger partial charge in [-0.1, -0.05) is 67.4 Å². The fourth-order valence-corrected chi connectivity index (χ4v) is 7.04. The van der Waals surface area contributed by atoms with Crippen LogP contribution in [0.25, 0.3) is 0 Å². The zero-order valence-electron chi connectivity index (χ0n) is 28.8. The molecular weight excluding hydrogens is 678 g/mol. The van der Waals surface area contributed by atoms with Gasteiger partial charge in [-0.2, -0.15) is 0 Å². The molecule has 4 aromatic carbocycles. The molecule has 266 valence electrons. The molecule has 12 heteroatoms. The number of carbonyl (C=O) groups excluding carboxylic acids is 2. The van der Waals surface area contributed by atoms with Crippen molar-refractivity contribution in [1.29, 1.82) is 0 Å². The van der Waals surface area contributed by atoms with Crippen LogP contribution >= 0.6 is 11.6 Å². The van der Waals surface area contributed by atoms with E-state index in [-0.39, 0.29) is 35.2 Å². The predicted molar refractivity (Wildman–Crippen MR) is 196 cm³/mol. The number of methoxy groups -OCH3 is 2. The molecule has 2 amide bonds. The molecule has 0 unspecified atom stereocenters. The molecule has 4 aromatic rings. The van der Waals surface area contributed by atoms with Crippen LogP contribution in [-0.2, 0) is 32.6 Å². The highest BCUT2D eigenvalue weighted by Gasteiger charge is 2.35. The number of benzene rings is 4. The fraction of sp³-hybridized carbons (Fsp3) is 0.316. The maximum atomic E-state index is 14.7. The molecule has 10 nitrogen and oxygen atoms in total. The molecule has 0 fully saturated rings. The first-order chi connectivity index (χ1) is 24.1. The summed E-state index contributed by atoms with van der Waals surface area (Å²) in [4.78, 5) is 29.9. The summed E-state index contributed by atoms with van der Waals surface area (Å²) < 4.78 is 46.3. The van der Waals surface area contributed by atoms with Gasteiger partial charge in [0.25, 0.3) is 10.0 Å². The molecular formula is C38H44ClN3O7S. The molecule has 50 heavy (non-hydrogen) atoms. The highest BCUT2D eigenvalue weighted by molar-refractivity contribution is 7.92. The molecule has 0 saturated carbocycles. The first-order valence-corrected chi connectivity index (χ1v) is 18.3. The van der Waals surface area contributed by atoms with Crippen molar-refractivity contribution in [3.05, 3.63) is 113 Å². The van der Waals surface area contributed by atoms with E-state index < -0.39 is 28.5 Å². The zero-order valence-corrected chi connectivity index (χ0v) is 30.4. The predicted octanol–water partition coefficient (Wildman–Crippen LogP) is 6.51. The molecule has 0 aromatic heterocycles. The standard InChI is InChI=1S/C38H44ClN3O7S/c1-5-7-22-40-38(44)34(24-28-12-9-8-10-13-28)41(26-29-14-11-15-30(39)23-29)37(43)27-42(31-16-18-32(19-17-31)49-6-2)50(45,46)33-20-21-35(47-3)36(25-33)48-4/h8-21,23,25,34H,5-7,22,24,26-27H2,1-4H3,(H,40,44)/t34-/m0/s1. The second-order valence-electron chi connectivity index (χ2n) is 11.5. The van der Waals surface area contributed by atoms with Crippen molar-refractivity contribution < 1.29 is 32.2 Å². The normalized spacial score (nSPS) is 11.7. The zero-order chi connectivity index (χ0) is 36.1. The molecule has 0 radical (unpaired) electrons. The maximum Gasteiger partial charge on any atom is 0.264 e. The highest BCUT2D eigenvalue weighted by Crippen LogP contribution is 2.33. The summed E-state index contributed by atoms with van der Waals surface area (Å²) in [6, 6.07) is 26.1. The lowest BCUT2D eigenvalue weighted by Gasteiger charge is -2.34. The van der Waals surface area contributed by atoms with Crippen LogP contribution in [-0.4, -0.2) is 65.1 Å². The number of sulfonamides is 1. The minimum atomic E-state index is -4.38. The lowest BCUT2D eigenvalue weighted by molar-refractivity contribution is -0.140. The van der Waals surface area contributed by atoms with Gasteiger partial charge < -0.3 is 24.4 Å². The summed E-state index contributed by atoms with van der Waals surface area (Å²) in [7, 11) is -1.51. The van der Waals surface area contributed by atoms with E-state index in [0.29, 0.717) is 35.2 Å². The Morgan fingerprint density at radius 2 is 1.54 bits per heavy atom. The fourth-order valence-electron chi connectivity index (χ4n) is 5.40. The smallest absolute Gasteiger partial charge is 0.264 e. The largest absolute Gasteiger partial charge is 0.494 e. The third-order valence-corrected chi connectivity index (χ3v) is 10.0. The Bertz CT molecular complexity index is 1820. The molecule has 0 aliphatic heterocycles. The van der Waals surface area contributed by atoms with E-state index in [1.807, 2.05) is 50.2 Å². The van der Waals surface area contributed by atoms with Crippen molar-refractivity contribution in [3.63, 3.8) is 0 Å². The van der Waals surface area contributed by atoms with E-state index in [1.165, 1.54) is 37.3 Å². The number of amides is 2. The average molecular weight is 722 g/mol. The van der Waals surface area contributed by atoms with Gasteiger partial charge in [-0.05, 0) is 73.0 Å². The Labute approximate surface area is 300 Å². The van der Waals surface area contributed by atoms with E-state index in [0.717, 1.165) is 22.7 Å². The van der Waals surface area contributed by atoms with E-state index in [2.05, 4.69) is 5.32 Å². The topological polar surface area (TPSA) is 114 Å². The van der Waals surface area contributed by atoms with E-state index in [4.69, 9.17) is 25.8 Å². The molecule has 0 saturated heterocycles. The lowest BCUT2D eigenvalue weighted by Crippen LogP contribution is -2.53. The molecule has 0 spiro atoms. The van der Waals surface area contributed by atoms with E-state index in [9.17, 15) is 18.0 Å². The van der Waals surface area contributed by atoms with Crippen molar-refractivity contribution in [2.75, 3.05) is 38.2 Å². The Morgan fingerprint density at radius 3 is 2.18 bits per heavy atom. The van der Waals surface area contributed by atoms with Crippen molar-refractivity contribution in [2.45, 2.75) is 50.6 Å². The van der Waals surface area contributed by atoms with Gasteiger partial charge in [-0.15, -0.1) is 0 Å². The quantitative estimate of drug-likeness (QED) is 0.117. The van der Waals surface area contributed by atoms with Gasteiger partial charge in [0.1, 0.15) is 18.3 Å². The third kappa shape index (κ3) is 9.92. The summed E-state index contributed by atoms with van der Waals surface area (Å²) in [5, 5.41) is 3.46. The SMILES string of the molecule is CCCCNC(=O)[C@H](Cc1ccccc1)N(Cc1cccc(Cl)c1)C(=O)CN(c1ccc(OCC)cc1)S(=O)(=O)c1ccc(OC)c(OC)c1. The van der Waals surface area contributed by atoms with Crippen LogP contribution in [0.4, 0.5) is 5.69 Å². The Balaban J connectivity index is 1.82. The van der Waals surface area contributed by atoms with Crippen LogP contribution in [0.15, 0.2) is 102 Å². The number of anilines is 1. The number of halogens is 1. The number of hydrogen-bond donors (Lipinski definition) is 1. The summed E-state index contributed by atoms with van der Waals surface area (Å²) in [5.41, 5.74) is 1.75. The van der Waals surface area contributed by atoms with Gasteiger partial charge in [0.15, 0.2) is 11.5 Å². The minimum absolute atomic E-state index is 0.00557. The number of ether oxygens (including phenoxy) is 3. The van der Waals surface area contributed by atoms with Gasteiger partial charge in [-0.3, -0.25) is 13.9 Å². The van der Waals surface area contributed by atoms with E-state index in [1.54, 1.807) is 42.5 Å².